The quantitative estimate of drug-likeness (QED) is 0.657. The molecule has 1 saturated heterocycles. The van der Waals surface area contributed by atoms with Crippen molar-refractivity contribution in [2.45, 2.75) is 12.1 Å². The zero-order valence-electron chi connectivity index (χ0n) is 17.0. The number of methoxy groups -OCH3 is 1. The van der Waals surface area contributed by atoms with Crippen LogP contribution >= 0.6 is 0 Å². The molecule has 3 aromatic rings. The first kappa shape index (κ1) is 19.8. The van der Waals surface area contributed by atoms with Crippen molar-refractivity contribution in [3.8, 4) is 11.1 Å². The van der Waals surface area contributed by atoms with Crippen molar-refractivity contribution in [3.05, 3.63) is 54.1 Å². The summed E-state index contributed by atoms with van der Waals surface area (Å²) in [5.41, 5.74) is 2.62. The van der Waals surface area contributed by atoms with E-state index < -0.39 is 0 Å². The number of carbonyl (C=O) groups excluding carboxylic acids is 2. The van der Waals surface area contributed by atoms with Crippen LogP contribution in [0.25, 0.3) is 11.1 Å². The van der Waals surface area contributed by atoms with Crippen molar-refractivity contribution in [1.29, 1.82) is 0 Å². The van der Waals surface area contributed by atoms with E-state index in [-0.39, 0.29) is 24.0 Å². The molecular weight excluding hydrogens is 386 g/mol. The standard InChI is InChI=1S/C20H23N7O3/c1-25-10-13(8-22-25)14-6-4-5-7-15(14)20(29)27-11-16(18(12-27)30-3)23-19(28)17-9-21-24-26(17)2/h4-10,16,18H,11-12H2,1-3H3,(H,23,28)/t16-,18+/m0/s1. The van der Waals surface area contributed by atoms with E-state index in [4.69, 9.17) is 4.74 Å². The Kier molecular flexibility index (Phi) is 5.32. The van der Waals surface area contributed by atoms with Crippen molar-refractivity contribution < 1.29 is 14.3 Å². The second-order valence-corrected chi connectivity index (χ2v) is 7.26. The van der Waals surface area contributed by atoms with Crippen LogP contribution in [0.5, 0.6) is 0 Å². The smallest absolute Gasteiger partial charge is 0.271 e. The lowest BCUT2D eigenvalue weighted by Gasteiger charge is -2.18. The molecule has 1 N–H and O–H groups in total. The molecule has 2 atom stereocenters. The van der Waals surface area contributed by atoms with Gasteiger partial charge in [-0.15, -0.1) is 5.10 Å². The van der Waals surface area contributed by atoms with Gasteiger partial charge in [0.05, 0.1) is 24.5 Å². The molecule has 156 valence electrons. The number of ether oxygens (including phenoxy) is 1. The fourth-order valence-corrected chi connectivity index (χ4v) is 3.71. The van der Waals surface area contributed by atoms with E-state index in [1.165, 1.54) is 10.9 Å². The lowest BCUT2D eigenvalue weighted by molar-refractivity contribution is 0.0690. The molecule has 10 heteroatoms. The average molecular weight is 409 g/mol. The van der Waals surface area contributed by atoms with E-state index in [9.17, 15) is 9.59 Å². The van der Waals surface area contributed by atoms with Crippen LogP contribution < -0.4 is 5.32 Å². The van der Waals surface area contributed by atoms with Crippen LogP contribution in [0.15, 0.2) is 42.9 Å². The molecule has 10 nitrogen and oxygen atoms in total. The van der Waals surface area contributed by atoms with Crippen molar-refractivity contribution in [2.24, 2.45) is 14.1 Å². The number of likely N-dealkylation sites (tertiary alicyclic amines) is 1. The van der Waals surface area contributed by atoms with E-state index in [1.807, 2.05) is 31.4 Å². The molecule has 0 bridgehead atoms. The number of aromatic nitrogens is 5. The Bertz CT molecular complexity index is 1070. The van der Waals surface area contributed by atoms with E-state index >= 15 is 0 Å². The first-order chi connectivity index (χ1) is 14.5. The number of hydrogen-bond donors (Lipinski definition) is 1. The van der Waals surface area contributed by atoms with Gasteiger partial charge in [0.1, 0.15) is 5.69 Å². The van der Waals surface area contributed by atoms with Gasteiger partial charge >= 0.3 is 0 Å². The predicted octanol–water partition coefficient (Wildman–Crippen LogP) is 0.485. The zero-order valence-corrected chi connectivity index (χ0v) is 17.0. The Balaban J connectivity index is 1.53. The summed E-state index contributed by atoms with van der Waals surface area (Å²) < 4.78 is 8.65. The zero-order chi connectivity index (χ0) is 21.3. The molecule has 0 spiro atoms. The third-order valence-corrected chi connectivity index (χ3v) is 5.29. The molecule has 30 heavy (non-hydrogen) atoms. The normalized spacial score (nSPS) is 18.6. The minimum atomic E-state index is -0.341. The van der Waals surface area contributed by atoms with Gasteiger partial charge < -0.3 is 15.0 Å². The summed E-state index contributed by atoms with van der Waals surface area (Å²) in [5.74, 6) is -0.421. The van der Waals surface area contributed by atoms with Crippen molar-refractivity contribution in [1.82, 2.24) is 35.0 Å². The van der Waals surface area contributed by atoms with Gasteiger partial charge in [-0.25, -0.2) is 4.68 Å². The summed E-state index contributed by atoms with van der Waals surface area (Å²) in [4.78, 5) is 27.6. The highest BCUT2D eigenvalue weighted by Gasteiger charge is 2.37. The molecule has 3 heterocycles. The second kappa shape index (κ2) is 8.07. The first-order valence-electron chi connectivity index (χ1n) is 9.53. The van der Waals surface area contributed by atoms with Gasteiger partial charge in [-0.05, 0) is 11.6 Å². The SMILES string of the molecule is CO[C@@H]1CN(C(=O)c2ccccc2-c2cnn(C)c2)C[C@@H]1NC(=O)c1cnnn1C. The van der Waals surface area contributed by atoms with Gasteiger partial charge in [0, 0.05) is 51.6 Å². The maximum atomic E-state index is 13.3. The Hall–Kier alpha value is -3.53. The van der Waals surface area contributed by atoms with Crippen LogP contribution in [0, 0.1) is 0 Å². The molecule has 0 saturated carbocycles. The summed E-state index contributed by atoms with van der Waals surface area (Å²) in [6.45, 7) is 0.723. The highest BCUT2D eigenvalue weighted by molar-refractivity contribution is 6.01. The Morgan fingerprint density at radius 2 is 1.97 bits per heavy atom. The molecule has 2 aromatic heterocycles. The number of nitrogens with zero attached hydrogens (tertiary/aromatic N) is 6. The van der Waals surface area contributed by atoms with Crippen molar-refractivity contribution in [2.75, 3.05) is 20.2 Å². The van der Waals surface area contributed by atoms with Crippen LogP contribution in [0.2, 0.25) is 0 Å². The minimum absolute atomic E-state index is 0.115. The maximum Gasteiger partial charge on any atom is 0.271 e. The van der Waals surface area contributed by atoms with E-state index in [0.29, 0.717) is 24.3 Å². The molecule has 0 aliphatic carbocycles. The first-order valence-corrected chi connectivity index (χ1v) is 9.53. The molecule has 0 radical (unpaired) electrons. The lowest BCUT2D eigenvalue weighted by atomic mass is 10.0. The predicted molar refractivity (Wildman–Crippen MR) is 108 cm³/mol. The minimum Gasteiger partial charge on any atom is -0.377 e. The van der Waals surface area contributed by atoms with Crippen LogP contribution in [-0.2, 0) is 18.8 Å². The van der Waals surface area contributed by atoms with Crippen molar-refractivity contribution in [3.63, 3.8) is 0 Å². The molecule has 4 rings (SSSR count). The Morgan fingerprint density at radius 3 is 2.63 bits per heavy atom. The highest BCUT2D eigenvalue weighted by atomic mass is 16.5. The summed E-state index contributed by atoms with van der Waals surface area (Å²) in [6.07, 6.45) is 4.70. The number of benzene rings is 1. The van der Waals surface area contributed by atoms with Crippen LogP contribution in [-0.4, -0.2) is 73.8 Å². The van der Waals surface area contributed by atoms with Gasteiger partial charge in [-0.1, -0.05) is 23.4 Å². The maximum absolute atomic E-state index is 13.3. The number of aryl methyl sites for hydroxylation is 2. The summed E-state index contributed by atoms with van der Waals surface area (Å²) in [7, 11) is 5.06. The lowest BCUT2D eigenvalue weighted by Crippen LogP contribution is -2.44. The van der Waals surface area contributed by atoms with Gasteiger partial charge in [-0.2, -0.15) is 5.10 Å². The fourth-order valence-electron chi connectivity index (χ4n) is 3.71. The largest absolute Gasteiger partial charge is 0.377 e. The number of hydrogen-bond acceptors (Lipinski definition) is 6. The summed E-state index contributed by atoms with van der Waals surface area (Å²) >= 11 is 0. The molecular formula is C20H23N7O3. The monoisotopic (exact) mass is 409 g/mol. The van der Waals surface area contributed by atoms with Gasteiger partial charge in [-0.3, -0.25) is 14.3 Å². The van der Waals surface area contributed by atoms with Crippen LogP contribution in [0.4, 0.5) is 0 Å². The van der Waals surface area contributed by atoms with E-state index in [1.54, 1.807) is 36.0 Å². The highest BCUT2D eigenvalue weighted by Crippen LogP contribution is 2.26. The molecule has 1 fully saturated rings. The molecule has 1 aliphatic rings. The number of amides is 2. The number of rotatable bonds is 5. The topological polar surface area (TPSA) is 107 Å². The number of nitrogens with one attached hydrogen (secondary N) is 1. The molecule has 1 aliphatic heterocycles. The number of carbonyl (C=O) groups is 2. The third-order valence-electron chi connectivity index (χ3n) is 5.29. The average Bonchev–Trinajstić information content (AvgIpc) is 3.47. The summed E-state index contributed by atoms with van der Waals surface area (Å²) in [5, 5.41) is 14.6. The molecule has 1 aromatic carbocycles. The van der Waals surface area contributed by atoms with Gasteiger partial charge in [0.2, 0.25) is 0 Å². The molecule has 0 unspecified atom stereocenters. The second-order valence-electron chi connectivity index (χ2n) is 7.26. The van der Waals surface area contributed by atoms with Crippen molar-refractivity contribution >= 4 is 11.8 Å². The van der Waals surface area contributed by atoms with Gasteiger partial charge in [0.25, 0.3) is 11.8 Å². The van der Waals surface area contributed by atoms with E-state index in [0.717, 1.165) is 11.1 Å². The van der Waals surface area contributed by atoms with Crippen LogP contribution in [0.3, 0.4) is 0 Å². The Labute approximate surface area is 173 Å². The fraction of sp³-hybridized carbons (Fsp3) is 0.350. The molecule has 2 amide bonds. The van der Waals surface area contributed by atoms with Gasteiger partial charge in [0.15, 0.2) is 0 Å². The van der Waals surface area contributed by atoms with E-state index in [2.05, 4.69) is 20.7 Å². The third kappa shape index (κ3) is 3.69. The summed E-state index contributed by atoms with van der Waals surface area (Å²) in [6, 6.07) is 7.10. The van der Waals surface area contributed by atoms with Crippen LogP contribution in [0.1, 0.15) is 20.8 Å². The Morgan fingerprint density at radius 1 is 1.17 bits per heavy atom.